The zero-order chi connectivity index (χ0) is 10.6. The lowest BCUT2D eigenvalue weighted by Crippen LogP contribution is -2.54. The van der Waals surface area contributed by atoms with Crippen molar-refractivity contribution in [2.75, 3.05) is 19.8 Å². The summed E-state index contributed by atoms with van der Waals surface area (Å²) in [6.45, 7) is 0.807. The molecule has 1 unspecified atom stereocenters. The quantitative estimate of drug-likeness (QED) is 0.589. The molecule has 0 aromatic rings. The van der Waals surface area contributed by atoms with E-state index in [0.29, 0.717) is 13.2 Å². The number of morpholine rings is 1. The summed E-state index contributed by atoms with van der Waals surface area (Å²) in [5, 5.41) is 8.35. The van der Waals surface area contributed by atoms with Crippen molar-refractivity contribution in [2.24, 2.45) is 5.73 Å². The van der Waals surface area contributed by atoms with Crippen molar-refractivity contribution in [3.63, 3.8) is 0 Å². The average Bonchev–Trinajstić information content (AvgIpc) is 2.18. The maximum absolute atomic E-state index is 11.4. The van der Waals surface area contributed by atoms with Crippen molar-refractivity contribution in [1.82, 2.24) is 4.90 Å². The number of primary amides is 1. The largest absolute Gasteiger partial charge is 0.377 e. The molecule has 6 heteroatoms. The lowest BCUT2D eigenvalue weighted by molar-refractivity contribution is -0.146. The van der Waals surface area contributed by atoms with Gasteiger partial charge in [-0.3, -0.25) is 9.59 Å². The minimum atomic E-state index is -0.732. The van der Waals surface area contributed by atoms with Gasteiger partial charge in [-0.15, -0.1) is 0 Å². The van der Waals surface area contributed by atoms with Crippen molar-refractivity contribution in [3.05, 3.63) is 0 Å². The fourth-order valence-electron chi connectivity index (χ4n) is 1.31. The van der Waals surface area contributed by atoms with E-state index >= 15 is 0 Å². The Morgan fingerprint density at radius 2 is 2.36 bits per heavy atom. The van der Waals surface area contributed by atoms with Crippen LogP contribution in [0.2, 0.25) is 0 Å². The third-order valence-corrected chi connectivity index (χ3v) is 2.01. The van der Waals surface area contributed by atoms with Crippen LogP contribution in [0.4, 0.5) is 0 Å². The van der Waals surface area contributed by atoms with Crippen LogP contribution in [-0.4, -0.2) is 42.5 Å². The van der Waals surface area contributed by atoms with Gasteiger partial charge in [0, 0.05) is 6.54 Å². The highest BCUT2D eigenvalue weighted by Gasteiger charge is 2.30. The number of carbonyl (C=O) groups is 2. The molecule has 1 heterocycles. The molecule has 14 heavy (non-hydrogen) atoms. The van der Waals surface area contributed by atoms with Gasteiger partial charge in [-0.25, -0.2) is 0 Å². The monoisotopic (exact) mass is 197 g/mol. The number of nitriles is 1. The molecule has 1 rings (SSSR count). The van der Waals surface area contributed by atoms with Crippen LogP contribution in [0.1, 0.15) is 6.42 Å². The third kappa shape index (κ3) is 2.20. The van der Waals surface area contributed by atoms with Crippen molar-refractivity contribution in [1.29, 1.82) is 5.26 Å². The number of hydrogen-bond acceptors (Lipinski definition) is 4. The van der Waals surface area contributed by atoms with Gasteiger partial charge >= 0.3 is 0 Å². The molecule has 6 nitrogen and oxygen atoms in total. The molecule has 1 fully saturated rings. The van der Waals surface area contributed by atoms with E-state index in [-0.39, 0.29) is 18.9 Å². The first kappa shape index (κ1) is 10.5. The zero-order valence-corrected chi connectivity index (χ0v) is 7.60. The number of nitrogens with two attached hydrogens (primary N) is 1. The second kappa shape index (κ2) is 4.58. The van der Waals surface area contributed by atoms with E-state index in [2.05, 4.69) is 0 Å². The molecule has 0 aromatic heterocycles. The molecule has 2 amide bonds. The summed E-state index contributed by atoms with van der Waals surface area (Å²) in [5.74, 6) is -0.976. The number of hydrogen-bond donors (Lipinski definition) is 1. The number of nitrogens with zero attached hydrogens (tertiary/aromatic N) is 2. The minimum Gasteiger partial charge on any atom is -0.377 e. The van der Waals surface area contributed by atoms with Crippen molar-refractivity contribution < 1.29 is 14.3 Å². The highest BCUT2D eigenvalue weighted by molar-refractivity contribution is 5.87. The van der Waals surface area contributed by atoms with Gasteiger partial charge in [-0.05, 0) is 0 Å². The summed E-state index contributed by atoms with van der Waals surface area (Å²) < 4.78 is 5.02. The first-order valence-electron chi connectivity index (χ1n) is 4.20. The van der Waals surface area contributed by atoms with Gasteiger partial charge < -0.3 is 15.4 Å². The van der Waals surface area contributed by atoms with Gasteiger partial charge in [0.25, 0.3) is 0 Å². The number of ether oxygens (including phenoxy) is 1. The summed E-state index contributed by atoms with van der Waals surface area (Å²) in [5.41, 5.74) is 5.10. The summed E-state index contributed by atoms with van der Waals surface area (Å²) in [7, 11) is 0. The summed E-state index contributed by atoms with van der Waals surface area (Å²) in [4.78, 5) is 23.6. The predicted molar refractivity (Wildman–Crippen MR) is 45.7 cm³/mol. The van der Waals surface area contributed by atoms with Crippen LogP contribution in [0.3, 0.4) is 0 Å². The molecule has 0 radical (unpaired) electrons. The molecule has 2 N–H and O–H groups in total. The maximum atomic E-state index is 11.4. The van der Waals surface area contributed by atoms with Gasteiger partial charge in [0.05, 0.1) is 19.3 Å². The van der Waals surface area contributed by atoms with Crippen LogP contribution in [0.25, 0.3) is 0 Å². The Hall–Kier alpha value is -1.61. The predicted octanol–water partition coefficient (Wildman–Crippen LogP) is -1.39. The summed E-state index contributed by atoms with van der Waals surface area (Å²) in [6.07, 6.45) is -0.232. The van der Waals surface area contributed by atoms with E-state index in [4.69, 9.17) is 15.7 Å². The molecule has 0 saturated carbocycles. The van der Waals surface area contributed by atoms with E-state index in [1.807, 2.05) is 0 Å². The molecular weight excluding hydrogens is 186 g/mol. The second-order valence-electron chi connectivity index (χ2n) is 2.92. The molecule has 1 atom stereocenters. The Morgan fingerprint density at radius 3 is 2.93 bits per heavy atom. The topological polar surface area (TPSA) is 96.4 Å². The van der Waals surface area contributed by atoms with E-state index in [9.17, 15) is 9.59 Å². The molecule has 0 aromatic carbocycles. The van der Waals surface area contributed by atoms with E-state index in [1.165, 1.54) is 4.90 Å². The first-order valence-corrected chi connectivity index (χ1v) is 4.20. The van der Waals surface area contributed by atoms with Crippen LogP contribution >= 0.6 is 0 Å². The SMILES string of the molecule is N#CCC(=O)N1CCOCC1C(N)=O. The lowest BCUT2D eigenvalue weighted by atomic mass is 10.2. The van der Waals surface area contributed by atoms with E-state index in [0.717, 1.165) is 0 Å². The van der Waals surface area contributed by atoms with E-state index < -0.39 is 11.9 Å². The zero-order valence-electron chi connectivity index (χ0n) is 7.60. The molecule has 76 valence electrons. The molecular formula is C8H11N3O3. The van der Waals surface area contributed by atoms with E-state index in [1.54, 1.807) is 6.07 Å². The molecule has 0 spiro atoms. The van der Waals surface area contributed by atoms with Gasteiger partial charge in [-0.1, -0.05) is 0 Å². The fourth-order valence-corrected chi connectivity index (χ4v) is 1.31. The van der Waals surface area contributed by atoms with Crippen LogP contribution in [0.5, 0.6) is 0 Å². The first-order chi connectivity index (χ1) is 6.66. The Balaban J connectivity index is 2.68. The highest BCUT2D eigenvalue weighted by atomic mass is 16.5. The molecule has 0 bridgehead atoms. The number of rotatable bonds is 2. The van der Waals surface area contributed by atoms with Gasteiger partial charge in [0.1, 0.15) is 12.5 Å². The van der Waals surface area contributed by atoms with Crippen molar-refractivity contribution in [2.45, 2.75) is 12.5 Å². The average molecular weight is 197 g/mol. The second-order valence-corrected chi connectivity index (χ2v) is 2.92. The Labute approximate surface area is 81.2 Å². The molecule has 1 saturated heterocycles. The van der Waals surface area contributed by atoms with Gasteiger partial charge in [0.15, 0.2) is 0 Å². The van der Waals surface area contributed by atoms with Crippen LogP contribution in [0, 0.1) is 11.3 Å². The van der Waals surface area contributed by atoms with Crippen LogP contribution in [-0.2, 0) is 14.3 Å². The maximum Gasteiger partial charge on any atom is 0.242 e. The number of carbonyl (C=O) groups excluding carboxylic acids is 2. The Kier molecular flexibility index (Phi) is 3.42. The molecule has 0 aliphatic carbocycles. The fraction of sp³-hybridized carbons (Fsp3) is 0.625. The normalized spacial score (nSPS) is 21.4. The van der Waals surface area contributed by atoms with Gasteiger partial charge in [-0.2, -0.15) is 5.26 Å². The van der Waals surface area contributed by atoms with Crippen molar-refractivity contribution >= 4 is 11.8 Å². The highest BCUT2D eigenvalue weighted by Crippen LogP contribution is 2.07. The Bertz CT molecular complexity index is 284. The molecule has 1 aliphatic rings. The Morgan fingerprint density at radius 1 is 1.64 bits per heavy atom. The van der Waals surface area contributed by atoms with Gasteiger partial charge in [0.2, 0.25) is 11.8 Å². The van der Waals surface area contributed by atoms with Crippen LogP contribution < -0.4 is 5.73 Å². The lowest BCUT2D eigenvalue weighted by Gasteiger charge is -2.32. The van der Waals surface area contributed by atoms with Crippen LogP contribution in [0.15, 0.2) is 0 Å². The number of amides is 2. The smallest absolute Gasteiger partial charge is 0.242 e. The standard InChI is InChI=1S/C8H11N3O3/c9-2-1-7(12)11-3-4-14-5-6(11)8(10)13/h6H,1,3-5H2,(H2,10,13). The summed E-state index contributed by atoms with van der Waals surface area (Å²) >= 11 is 0. The van der Waals surface area contributed by atoms with Crippen molar-refractivity contribution in [3.8, 4) is 6.07 Å². The third-order valence-electron chi connectivity index (χ3n) is 2.01. The molecule has 1 aliphatic heterocycles. The minimum absolute atomic E-state index is 0.118. The summed E-state index contributed by atoms with van der Waals surface area (Å²) in [6, 6.07) is 1.01.